The minimum atomic E-state index is -0.491. The van der Waals surface area contributed by atoms with E-state index < -0.39 is 5.82 Å². The van der Waals surface area contributed by atoms with Gasteiger partial charge in [0.05, 0.1) is 24.4 Å². The predicted octanol–water partition coefficient (Wildman–Crippen LogP) is 2.80. The molecule has 1 aromatic carbocycles. The quantitative estimate of drug-likeness (QED) is 0.887. The van der Waals surface area contributed by atoms with Gasteiger partial charge in [-0.2, -0.15) is 0 Å². The molecule has 2 rings (SSSR count). The molecule has 6 heteroatoms. The van der Waals surface area contributed by atoms with Gasteiger partial charge in [0.15, 0.2) is 0 Å². The van der Waals surface area contributed by atoms with Gasteiger partial charge in [-0.25, -0.2) is 4.39 Å². The summed E-state index contributed by atoms with van der Waals surface area (Å²) in [7, 11) is 0. The summed E-state index contributed by atoms with van der Waals surface area (Å²) in [6.45, 7) is 0.403. The molecule has 19 heavy (non-hydrogen) atoms. The van der Waals surface area contributed by atoms with Crippen molar-refractivity contribution >= 4 is 23.2 Å². The lowest BCUT2D eigenvalue weighted by atomic mass is 10.3. The van der Waals surface area contributed by atoms with Crippen LogP contribution in [0.2, 0.25) is 5.02 Å². The lowest BCUT2D eigenvalue weighted by Crippen LogP contribution is -2.29. The zero-order valence-electron chi connectivity index (χ0n) is 9.95. The molecule has 0 aliphatic heterocycles. The van der Waals surface area contributed by atoms with Crippen LogP contribution in [0, 0.1) is 5.82 Å². The first-order valence-electron chi connectivity index (χ1n) is 5.63. The Balaban J connectivity index is 1.78. The second kappa shape index (κ2) is 6.24. The summed E-state index contributed by atoms with van der Waals surface area (Å²) >= 11 is 5.63. The maximum Gasteiger partial charge on any atom is 0.239 e. The van der Waals surface area contributed by atoms with E-state index in [0.29, 0.717) is 18.0 Å². The minimum Gasteiger partial charge on any atom is -0.467 e. The van der Waals surface area contributed by atoms with Crippen molar-refractivity contribution in [3.63, 3.8) is 0 Å². The van der Waals surface area contributed by atoms with Crippen LogP contribution in [0.3, 0.4) is 0 Å². The van der Waals surface area contributed by atoms with E-state index in [4.69, 9.17) is 16.0 Å². The number of benzene rings is 1. The maximum atomic E-state index is 12.9. The van der Waals surface area contributed by atoms with E-state index >= 15 is 0 Å². The Morgan fingerprint density at radius 3 is 2.89 bits per heavy atom. The highest BCUT2D eigenvalue weighted by Crippen LogP contribution is 2.18. The number of carbonyl (C=O) groups is 1. The van der Waals surface area contributed by atoms with Gasteiger partial charge in [-0.05, 0) is 30.3 Å². The Hall–Kier alpha value is -2.01. The topological polar surface area (TPSA) is 54.3 Å². The smallest absolute Gasteiger partial charge is 0.239 e. The van der Waals surface area contributed by atoms with Crippen molar-refractivity contribution in [1.82, 2.24) is 5.32 Å². The predicted molar refractivity (Wildman–Crippen MR) is 70.5 cm³/mol. The van der Waals surface area contributed by atoms with Crippen LogP contribution in [0.15, 0.2) is 41.0 Å². The second-order valence-electron chi connectivity index (χ2n) is 3.84. The van der Waals surface area contributed by atoms with Gasteiger partial charge >= 0.3 is 0 Å². The van der Waals surface area contributed by atoms with Crippen LogP contribution < -0.4 is 10.6 Å². The first kappa shape index (κ1) is 13.4. The second-order valence-corrected chi connectivity index (χ2v) is 4.25. The highest BCUT2D eigenvalue weighted by molar-refractivity contribution is 6.31. The summed E-state index contributed by atoms with van der Waals surface area (Å²) in [5.41, 5.74) is 0.583. The molecular weight excluding hydrogens is 271 g/mol. The Kier molecular flexibility index (Phi) is 4.41. The molecule has 2 N–H and O–H groups in total. The van der Waals surface area contributed by atoms with E-state index in [9.17, 15) is 9.18 Å². The molecule has 0 saturated heterocycles. The molecule has 2 aromatic rings. The third kappa shape index (κ3) is 3.99. The third-order valence-electron chi connectivity index (χ3n) is 2.41. The number of hydrogen-bond donors (Lipinski definition) is 2. The molecule has 1 aromatic heterocycles. The zero-order valence-corrected chi connectivity index (χ0v) is 10.7. The molecule has 4 nitrogen and oxygen atoms in total. The normalized spacial score (nSPS) is 10.2. The minimum absolute atomic E-state index is 0.0148. The molecule has 0 bridgehead atoms. The van der Waals surface area contributed by atoms with E-state index in [1.54, 1.807) is 18.4 Å². The van der Waals surface area contributed by atoms with Gasteiger partial charge in [-0.3, -0.25) is 4.79 Å². The van der Waals surface area contributed by atoms with Gasteiger partial charge in [0, 0.05) is 5.69 Å². The average molecular weight is 283 g/mol. The Bertz CT molecular complexity index is 558. The van der Waals surface area contributed by atoms with Crippen LogP contribution in [0.1, 0.15) is 5.76 Å². The fourth-order valence-corrected chi connectivity index (χ4v) is 1.63. The van der Waals surface area contributed by atoms with Gasteiger partial charge < -0.3 is 15.1 Å². The monoisotopic (exact) mass is 282 g/mol. The van der Waals surface area contributed by atoms with Crippen molar-refractivity contribution in [3.8, 4) is 0 Å². The largest absolute Gasteiger partial charge is 0.467 e. The van der Waals surface area contributed by atoms with Crippen LogP contribution in [-0.2, 0) is 11.3 Å². The average Bonchev–Trinajstić information content (AvgIpc) is 2.91. The first-order chi connectivity index (χ1) is 9.15. The van der Waals surface area contributed by atoms with Gasteiger partial charge in [-0.1, -0.05) is 11.6 Å². The number of anilines is 1. The lowest BCUT2D eigenvalue weighted by Gasteiger charge is -2.07. The molecule has 0 fully saturated rings. The van der Waals surface area contributed by atoms with Crippen LogP contribution in [0.25, 0.3) is 0 Å². The van der Waals surface area contributed by atoms with Gasteiger partial charge in [0.1, 0.15) is 11.6 Å². The van der Waals surface area contributed by atoms with Crippen molar-refractivity contribution in [2.24, 2.45) is 0 Å². The maximum absolute atomic E-state index is 12.9. The number of furan rings is 1. The molecule has 100 valence electrons. The zero-order chi connectivity index (χ0) is 13.7. The molecule has 0 unspecified atom stereocenters. The summed E-state index contributed by atoms with van der Waals surface area (Å²) in [5.74, 6) is -0.00971. The van der Waals surface area contributed by atoms with Crippen LogP contribution in [0.5, 0.6) is 0 Å². The highest BCUT2D eigenvalue weighted by atomic mass is 35.5. The standard InChI is InChI=1S/C13H12ClFN2O2/c14-11-6-9(3-4-12(11)15)16-8-13(18)17-7-10-2-1-5-19-10/h1-6,16H,7-8H2,(H,17,18). The fourth-order valence-electron chi connectivity index (χ4n) is 1.45. The number of carbonyl (C=O) groups excluding carboxylic acids is 1. The van der Waals surface area contributed by atoms with Gasteiger partial charge in [-0.15, -0.1) is 0 Å². The molecule has 0 aliphatic rings. The van der Waals surface area contributed by atoms with Crippen molar-refractivity contribution < 1.29 is 13.6 Å². The molecule has 1 heterocycles. The molecule has 0 radical (unpaired) electrons. The SMILES string of the molecule is O=C(CNc1ccc(F)c(Cl)c1)NCc1ccco1. The van der Waals surface area contributed by atoms with E-state index in [1.165, 1.54) is 18.2 Å². The molecule has 0 spiro atoms. The number of nitrogens with one attached hydrogen (secondary N) is 2. The van der Waals surface area contributed by atoms with E-state index in [0.717, 1.165) is 0 Å². The highest BCUT2D eigenvalue weighted by Gasteiger charge is 2.04. The molecular formula is C13H12ClFN2O2. The Morgan fingerprint density at radius 1 is 1.37 bits per heavy atom. The molecule has 0 atom stereocenters. The van der Waals surface area contributed by atoms with Crippen molar-refractivity contribution in [3.05, 3.63) is 53.2 Å². The van der Waals surface area contributed by atoms with Gasteiger partial charge in [0.2, 0.25) is 5.91 Å². The Morgan fingerprint density at radius 2 is 2.21 bits per heavy atom. The first-order valence-corrected chi connectivity index (χ1v) is 6.01. The Labute approximate surface area is 114 Å². The van der Waals surface area contributed by atoms with Crippen molar-refractivity contribution in [2.45, 2.75) is 6.54 Å². The summed E-state index contributed by atoms with van der Waals surface area (Å²) in [6, 6.07) is 7.71. The molecule has 1 amide bonds. The summed E-state index contributed by atoms with van der Waals surface area (Å²) < 4.78 is 18.0. The summed E-state index contributed by atoms with van der Waals surface area (Å²) in [5, 5.41) is 5.54. The lowest BCUT2D eigenvalue weighted by molar-refractivity contribution is -0.119. The molecule has 0 aliphatic carbocycles. The summed E-state index contributed by atoms with van der Waals surface area (Å²) in [6.07, 6.45) is 1.54. The van der Waals surface area contributed by atoms with Crippen LogP contribution >= 0.6 is 11.6 Å². The third-order valence-corrected chi connectivity index (χ3v) is 2.70. The number of rotatable bonds is 5. The van der Waals surface area contributed by atoms with Crippen LogP contribution in [0.4, 0.5) is 10.1 Å². The fraction of sp³-hybridized carbons (Fsp3) is 0.154. The summed E-state index contributed by atoms with van der Waals surface area (Å²) in [4.78, 5) is 11.5. The van der Waals surface area contributed by atoms with Crippen molar-refractivity contribution in [2.75, 3.05) is 11.9 Å². The van der Waals surface area contributed by atoms with E-state index in [1.807, 2.05) is 0 Å². The number of halogens is 2. The molecule has 0 saturated carbocycles. The van der Waals surface area contributed by atoms with Crippen molar-refractivity contribution in [1.29, 1.82) is 0 Å². The van der Waals surface area contributed by atoms with E-state index in [2.05, 4.69) is 10.6 Å². The number of amides is 1. The number of hydrogen-bond acceptors (Lipinski definition) is 3. The van der Waals surface area contributed by atoms with E-state index in [-0.39, 0.29) is 17.5 Å². The van der Waals surface area contributed by atoms with Gasteiger partial charge in [0.25, 0.3) is 0 Å². The van der Waals surface area contributed by atoms with Crippen LogP contribution in [-0.4, -0.2) is 12.5 Å².